The van der Waals surface area contributed by atoms with Crippen LogP contribution in [0.4, 0.5) is 9.18 Å². The fourth-order valence-electron chi connectivity index (χ4n) is 2.58. The highest BCUT2D eigenvalue weighted by Gasteiger charge is 2.37. The maximum atomic E-state index is 13.0. The number of carboxylic acids is 1. The molecular formula is C17H23FN2O4. The van der Waals surface area contributed by atoms with Crippen molar-refractivity contribution in [2.75, 3.05) is 19.6 Å². The van der Waals surface area contributed by atoms with Gasteiger partial charge in [-0.05, 0) is 38.5 Å². The van der Waals surface area contributed by atoms with Crippen LogP contribution in [0.15, 0.2) is 24.3 Å². The molecule has 1 fully saturated rings. The SMILES string of the molecule is CC(C)(C)OC(=O)N1CCN(Cc2ccc(F)cc2)CC1C(=O)O. The minimum Gasteiger partial charge on any atom is -0.480 e. The van der Waals surface area contributed by atoms with E-state index < -0.39 is 23.7 Å². The van der Waals surface area contributed by atoms with E-state index in [1.54, 1.807) is 32.9 Å². The molecule has 6 nitrogen and oxygen atoms in total. The predicted octanol–water partition coefficient (Wildman–Crippen LogP) is 2.33. The predicted molar refractivity (Wildman–Crippen MR) is 86.0 cm³/mol. The second-order valence-electron chi connectivity index (χ2n) is 6.89. The standard InChI is InChI=1S/C17H23FN2O4/c1-17(2,3)24-16(23)20-9-8-19(11-14(20)15(21)22)10-12-4-6-13(18)7-5-12/h4-7,14H,8-11H2,1-3H3,(H,21,22). The number of carboxylic acid groups (broad SMARTS) is 1. The van der Waals surface area contributed by atoms with Crippen LogP contribution in [0.25, 0.3) is 0 Å². The maximum Gasteiger partial charge on any atom is 0.411 e. The second kappa shape index (κ2) is 7.17. The van der Waals surface area contributed by atoms with Gasteiger partial charge in [-0.1, -0.05) is 12.1 Å². The molecule has 1 atom stereocenters. The summed E-state index contributed by atoms with van der Waals surface area (Å²) in [5.74, 6) is -1.37. The van der Waals surface area contributed by atoms with Gasteiger partial charge in [-0.25, -0.2) is 14.0 Å². The van der Waals surface area contributed by atoms with Crippen LogP contribution >= 0.6 is 0 Å². The van der Waals surface area contributed by atoms with Gasteiger partial charge in [0.1, 0.15) is 17.5 Å². The van der Waals surface area contributed by atoms with Crippen molar-refractivity contribution in [3.8, 4) is 0 Å². The average molecular weight is 338 g/mol. The highest BCUT2D eigenvalue weighted by Crippen LogP contribution is 2.18. The zero-order chi connectivity index (χ0) is 17.9. The van der Waals surface area contributed by atoms with Crippen molar-refractivity contribution in [3.63, 3.8) is 0 Å². The first-order chi connectivity index (χ1) is 11.2. The second-order valence-corrected chi connectivity index (χ2v) is 6.89. The van der Waals surface area contributed by atoms with Crippen LogP contribution in [0.1, 0.15) is 26.3 Å². The number of amides is 1. The smallest absolute Gasteiger partial charge is 0.411 e. The minimum absolute atomic E-state index is 0.200. The van der Waals surface area contributed by atoms with E-state index in [-0.39, 0.29) is 18.9 Å². The number of aliphatic carboxylic acids is 1. The lowest BCUT2D eigenvalue weighted by atomic mass is 10.1. The number of ether oxygens (including phenoxy) is 1. The highest BCUT2D eigenvalue weighted by atomic mass is 19.1. The first kappa shape index (κ1) is 18.2. The molecule has 24 heavy (non-hydrogen) atoms. The summed E-state index contributed by atoms with van der Waals surface area (Å²) in [4.78, 5) is 27.0. The van der Waals surface area contributed by atoms with Crippen molar-refractivity contribution < 1.29 is 23.8 Å². The molecule has 1 N–H and O–H groups in total. The summed E-state index contributed by atoms with van der Waals surface area (Å²) >= 11 is 0. The van der Waals surface area contributed by atoms with Crippen LogP contribution in [0.5, 0.6) is 0 Å². The molecule has 1 unspecified atom stereocenters. The van der Waals surface area contributed by atoms with Crippen LogP contribution < -0.4 is 0 Å². The Morgan fingerprint density at radius 3 is 2.42 bits per heavy atom. The normalized spacial score (nSPS) is 19.2. The van der Waals surface area contributed by atoms with E-state index >= 15 is 0 Å². The molecule has 0 radical (unpaired) electrons. The van der Waals surface area contributed by atoms with E-state index in [0.29, 0.717) is 13.1 Å². The number of halogens is 1. The first-order valence-electron chi connectivity index (χ1n) is 7.85. The van der Waals surface area contributed by atoms with Gasteiger partial charge in [0.25, 0.3) is 0 Å². The van der Waals surface area contributed by atoms with Gasteiger partial charge < -0.3 is 9.84 Å². The molecule has 1 amide bonds. The number of nitrogens with zero attached hydrogens (tertiary/aromatic N) is 2. The third-order valence-corrected chi connectivity index (χ3v) is 3.70. The number of hydrogen-bond donors (Lipinski definition) is 1. The van der Waals surface area contributed by atoms with E-state index in [4.69, 9.17) is 4.74 Å². The molecule has 1 aromatic rings. The summed E-state index contributed by atoms with van der Waals surface area (Å²) in [6.07, 6.45) is -0.615. The van der Waals surface area contributed by atoms with Gasteiger partial charge in [-0.15, -0.1) is 0 Å². The fourth-order valence-corrected chi connectivity index (χ4v) is 2.58. The Bertz CT molecular complexity index is 598. The lowest BCUT2D eigenvalue weighted by Gasteiger charge is -2.39. The van der Waals surface area contributed by atoms with Crippen LogP contribution in [-0.2, 0) is 16.1 Å². The summed E-state index contributed by atoms with van der Waals surface area (Å²) in [7, 11) is 0. The molecule has 132 valence electrons. The van der Waals surface area contributed by atoms with Gasteiger partial charge in [0.2, 0.25) is 0 Å². The first-order valence-corrected chi connectivity index (χ1v) is 7.85. The van der Waals surface area contributed by atoms with Crippen molar-refractivity contribution in [2.45, 2.75) is 39.0 Å². The van der Waals surface area contributed by atoms with Crippen LogP contribution in [-0.4, -0.2) is 58.2 Å². The Morgan fingerprint density at radius 1 is 1.25 bits per heavy atom. The van der Waals surface area contributed by atoms with Crippen LogP contribution in [0.3, 0.4) is 0 Å². The summed E-state index contributed by atoms with van der Waals surface area (Å²) in [6, 6.07) is 5.13. The summed E-state index contributed by atoms with van der Waals surface area (Å²) in [5, 5.41) is 9.45. The Morgan fingerprint density at radius 2 is 1.88 bits per heavy atom. The molecule has 1 aliphatic heterocycles. The summed E-state index contributed by atoms with van der Waals surface area (Å²) in [6.45, 7) is 6.73. The van der Waals surface area contributed by atoms with Gasteiger partial charge in [0.05, 0.1) is 0 Å². The lowest BCUT2D eigenvalue weighted by Crippen LogP contribution is -2.58. The topological polar surface area (TPSA) is 70.1 Å². The Hall–Kier alpha value is -2.15. The molecule has 1 saturated heterocycles. The molecule has 2 rings (SSSR count). The molecule has 0 saturated carbocycles. The number of piperazine rings is 1. The van der Waals surface area contributed by atoms with Crippen LogP contribution in [0, 0.1) is 5.82 Å². The Balaban J connectivity index is 2.03. The molecule has 7 heteroatoms. The van der Waals surface area contributed by atoms with E-state index in [9.17, 15) is 19.1 Å². The zero-order valence-corrected chi connectivity index (χ0v) is 14.2. The Kier molecular flexibility index (Phi) is 5.43. The minimum atomic E-state index is -1.07. The third-order valence-electron chi connectivity index (χ3n) is 3.70. The van der Waals surface area contributed by atoms with E-state index in [1.807, 2.05) is 4.90 Å². The summed E-state index contributed by atoms with van der Waals surface area (Å²) in [5.41, 5.74) is 0.219. The maximum absolute atomic E-state index is 13.0. The molecule has 0 aliphatic carbocycles. The molecule has 0 bridgehead atoms. The molecular weight excluding hydrogens is 315 g/mol. The van der Waals surface area contributed by atoms with Gasteiger partial charge >= 0.3 is 12.1 Å². The molecule has 0 spiro atoms. The fraction of sp³-hybridized carbons (Fsp3) is 0.529. The summed E-state index contributed by atoms with van der Waals surface area (Å²) < 4.78 is 18.2. The number of rotatable bonds is 3. The average Bonchev–Trinajstić information content (AvgIpc) is 2.47. The number of carbonyl (C=O) groups excluding carboxylic acids is 1. The van der Waals surface area contributed by atoms with E-state index in [1.165, 1.54) is 17.0 Å². The van der Waals surface area contributed by atoms with E-state index in [2.05, 4.69) is 0 Å². The third kappa shape index (κ3) is 4.92. The largest absolute Gasteiger partial charge is 0.480 e. The van der Waals surface area contributed by atoms with Gasteiger partial charge in [-0.2, -0.15) is 0 Å². The van der Waals surface area contributed by atoms with Gasteiger partial charge in [-0.3, -0.25) is 9.80 Å². The van der Waals surface area contributed by atoms with Crippen molar-refractivity contribution in [1.29, 1.82) is 0 Å². The monoisotopic (exact) mass is 338 g/mol. The zero-order valence-electron chi connectivity index (χ0n) is 14.2. The molecule has 1 aromatic carbocycles. The van der Waals surface area contributed by atoms with Crippen molar-refractivity contribution in [1.82, 2.24) is 9.80 Å². The van der Waals surface area contributed by atoms with Crippen molar-refractivity contribution in [2.24, 2.45) is 0 Å². The van der Waals surface area contributed by atoms with Crippen LogP contribution in [0.2, 0.25) is 0 Å². The van der Waals surface area contributed by atoms with Gasteiger partial charge in [0, 0.05) is 26.2 Å². The van der Waals surface area contributed by atoms with Crippen molar-refractivity contribution in [3.05, 3.63) is 35.6 Å². The molecule has 1 aliphatic rings. The molecule has 0 aromatic heterocycles. The Labute approximate surface area is 140 Å². The number of hydrogen-bond acceptors (Lipinski definition) is 4. The quantitative estimate of drug-likeness (QED) is 0.916. The molecule has 1 heterocycles. The lowest BCUT2D eigenvalue weighted by molar-refractivity contribution is -0.145. The highest BCUT2D eigenvalue weighted by molar-refractivity contribution is 5.80. The number of benzene rings is 1. The number of carbonyl (C=O) groups is 2. The van der Waals surface area contributed by atoms with Crippen molar-refractivity contribution >= 4 is 12.1 Å². The van der Waals surface area contributed by atoms with Gasteiger partial charge in [0.15, 0.2) is 0 Å². The van der Waals surface area contributed by atoms with E-state index in [0.717, 1.165) is 5.56 Å².